The smallest absolute Gasteiger partial charge is 0.0860 e. The first-order chi connectivity index (χ1) is 9.29. The highest BCUT2D eigenvalue weighted by Crippen LogP contribution is 2.27. The van der Waals surface area contributed by atoms with Crippen LogP contribution in [0.15, 0.2) is 18.5 Å². The third-order valence-corrected chi connectivity index (χ3v) is 4.23. The molecular weight excluding hydrogens is 238 g/mol. The summed E-state index contributed by atoms with van der Waals surface area (Å²) in [7, 11) is 0. The van der Waals surface area contributed by atoms with Crippen LogP contribution in [0.5, 0.6) is 0 Å². The topological polar surface area (TPSA) is 50.1 Å². The lowest BCUT2D eigenvalue weighted by Crippen LogP contribution is -2.41. The van der Waals surface area contributed by atoms with Crippen molar-refractivity contribution >= 4 is 0 Å². The van der Waals surface area contributed by atoms with Crippen LogP contribution in [-0.2, 0) is 6.54 Å². The van der Waals surface area contributed by atoms with E-state index in [1.165, 1.54) is 32.1 Å². The Kier molecular flexibility index (Phi) is 5.86. The maximum absolute atomic E-state index is 10.0. The van der Waals surface area contributed by atoms with Gasteiger partial charge in [-0.15, -0.1) is 0 Å². The van der Waals surface area contributed by atoms with Gasteiger partial charge in [0.05, 0.1) is 12.6 Å². The van der Waals surface area contributed by atoms with E-state index in [0.717, 1.165) is 12.3 Å². The number of aliphatic hydroxyl groups excluding tert-OH is 1. The third kappa shape index (κ3) is 4.62. The van der Waals surface area contributed by atoms with Gasteiger partial charge in [0.1, 0.15) is 0 Å². The highest BCUT2D eigenvalue weighted by atomic mass is 16.3. The van der Waals surface area contributed by atoms with Crippen LogP contribution < -0.4 is 5.32 Å². The Balaban J connectivity index is 1.72. The zero-order valence-electron chi connectivity index (χ0n) is 12.0. The lowest BCUT2D eigenvalue weighted by Gasteiger charge is -2.31. The van der Waals surface area contributed by atoms with Crippen LogP contribution in [0.4, 0.5) is 0 Å². The van der Waals surface area contributed by atoms with Crippen LogP contribution >= 0.6 is 0 Å². The van der Waals surface area contributed by atoms with Crippen molar-refractivity contribution in [2.24, 2.45) is 5.92 Å². The van der Waals surface area contributed by atoms with Crippen LogP contribution in [0.2, 0.25) is 0 Å². The summed E-state index contributed by atoms with van der Waals surface area (Å²) in [5.74, 6) is 0.802. The predicted molar refractivity (Wildman–Crippen MR) is 76.9 cm³/mol. The Morgan fingerprint density at radius 2 is 2.16 bits per heavy atom. The second-order valence-corrected chi connectivity index (χ2v) is 5.70. The van der Waals surface area contributed by atoms with Gasteiger partial charge in [-0.1, -0.05) is 26.2 Å². The van der Waals surface area contributed by atoms with Crippen LogP contribution in [0, 0.1) is 5.92 Å². The molecule has 0 aromatic carbocycles. The van der Waals surface area contributed by atoms with Gasteiger partial charge in [0.15, 0.2) is 0 Å². The Bertz CT molecular complexity index is 333. The van der Waals surface area contributed by atoms with Crippen molar-refractivity contribution in [3.05, 3.63) is 18.5 Å². The van der Waals surface area contributed by atoms with E-state index in [4.69, 9.17) is 0 Å². The molecule has 1 aliphatic rings. The summed E-state index contributed by atoms with van der Waals surface area (Å²) in [5, 5.41) is 17.7. The van der Waals surface area contributed by atoms with E-state index in [2.05, 4.69) is 17.3 Å². The van der Waals surface area contributed by atoms with E-state index in [1.807, 2.05) is 12.3 Å². The lowest BCUT2D eigenvalue weighted by molar-refractivity contribution is 0.134. The summed E-state index contributed by atoms with van der Waals surface area (Å²) >= 11 is 0. The minimum absolute atomic E-state index is 0.363. The molecule has 2 rings (SSSR count). The largest absolute Gasteiger partial charge is 0.390 e. The van der Waals surface area contributed by atoms with Crippen molar-refractivity contribution in [2.45, 2.75) is 64.1 Å². The van der Waals surface area contributed by atoms with Gasteiger partial charge < -0.3 is 10.4 Å². The number of nitrogens with one attached hydrogen (secondary N) is 1. The van der Waals surface area contributed by atoms with E-state index in [-0.39, 0.29) is 6.10 Å². The molecule has 2 N–H and O–H groups in total. The molecule has 2 unspecified atom stereocenters. The van der Waals surface area contributed by atoms with Gasteiger partial charge in [0.2, 0.25) is 0 Å². The van der Waals surface area contributed by atoms with Gasteiger partial charge in [-0.2, -0.15) is 5.10 Å². The molecule has 1 fully saturated rings. The number of aliphatic hydroxyl groups is 1. The molecule has 1 heterocycles. The van der Waals surface area contributed by atoms with Gasteiger partial charge in [-0.3, -0.25) is 4.68 Å². The molecule has 0 radical (unpaired) electrons. The highest BCUT2D eigenvalue weighted by molar-refractivity contribution is 4.81. The second kappa shape index (κ2) is 7.65. The molecule has 1 saturated carbocycles. The first-order valence-electron chi connectivity index (χ1n) is 7.68. The number of hydrogen-bond acceptors (Lipinski definition) is 3. The Morgan fingerprint density at radius 1 is 1.37 bits per heavy atom. The molecule has 0 bridgehead atoms. The Morgan fingerprint density at radius 3 is 2.79 bits per heavy atom. The monoisotopic (exact) mass is 265 g/mol. The maximum Gasteiger partial charge on any atom is 0.0860 e. The molecule has 2 atom stereocenters. The minimum Gasteiger partial charge on any atom is -0.390 e. The summed E-state index contributed by atoms with van der Waals surface area (Å²) in [6.45, 7) is 3.47. The lowest BCUT2D eigenvalue weighted by atomic mass is 9.83. The number of rotatable bonds is 7. The molecule has 0 aliphatic heterocycles. The van der Waals surface area contributed by atoms with E-state index < -0.39 is 0 Å². The van der Waals surface area contributed by atoms with Crippen molar-refractivity contribution in [3.8, 4) is 0 Å². The van der Waals surface area contributed by atoms with Gasteiger partial charge >= 0.3 is 0 Å². The molecule has 1 aromatic heterocycles. The van der Waals surface area contributed by atoms with Crippen molar-refractivity contribution in [1.29, 1.82) is 0 Å². The Labute approximate surface area is 116 Å². The van der Waals surface area contributed by atoms with Crippen LogP contribution in [0.25, 0.3) is 0 Å². The van der Waals surface area contributed by atoms with E-state index >= 15 is 0 Å². The molecule has 4 heteroatoms. The highest BCUT2D eigenvalue weighted by Gasteiger charge is 2.22. The zero-order chi connectivity index (χ0) is 13.5. The number of nitrogens with zero attached hydrogens (tertiary/aromatic N) is 2. The van der Waals surface area contributed by atoms with Crippen LogP contribution in [0.1, 0.15) is 45.4 Å². The standard InChI is InChI=1S/C15H27N3O/c1-2-15(13-7-4-3-5-8-13)16-11-14(19)12-18-10-6-9-17-18/h6,9-10,13-16,19H,2-5,7-8,11-12H2,1H3. The van der Waals surface area contributed by atoms with Crippen molar-refractivity contribution in [2.75, 3.05) is 6.54 Å². The van der Waals surface area contributed by atoms with Crippen LogP contribution in [-0.4, -0.2) is 33.6 Å². The zero-order valence-corrected chi connectivity index (χ0v) is 12.0. The van der Waals surface area contributed by atoms with E-state index in [0.29, 0.717) is 19.1 Å². The minimum atomic E-state index is -0.363. The summed E-state index contributed by atoms with van der Waals surface area (Å²) in [4.78, 5) is 0. The fourth-order valence-corrected chi connectivity index (χ4v) is 3.16. The number of hydrogen-bond donors (Lipinski definition) is 2. The fraction of sp³-hybridized carbons (Fsp3) is 0.800. The van der Waals surface area contributed by atoms with Crippen molar-refractivity contribution < 1.29 is 5.11 Å². The third-order valence-electron chi connectivity index (χ3n) is 4.23. The molecular formula is C15H27N3O. The molecule has 19 heavy (non-hydrogen) atoms. The summed E-state index contributed by atoms with van der Waals surface area (Å²) in [5.41, 5.74) is 0. The van der Waals surface area contributed by atoms with Gasteiger partial charge in [-0.25, -0.2) is 0 Å². The summed E-state index contributed by atoms with van der Waals surface area (Å²) in [6.07, 6.45) is 11.3. The molecule has 108 valence electrons. The van der Waals surface area contributed by atoms with E-state index in [9.17, 15) is 5.11 Å². The number of aromatic nitrogens is 2. The summed E-state index contributed by atoms with van der Waals surface area (Å²) < 4.78 is 1.79. The van der Waals surface area contributed by atoms with Crippen LogP contribution in [0.3, 0.4) is 0 Å². The molecule has 0 spiro atoms. The van der Waals surface area contributed by atoms with Gasteiger partial charge in [0, 0.05) is 25.0 Å². The maximum atomic E-state index is 10.0. The van der Waals surface area contributed by atoms with Crippen molar-refractivity contribution in [1.82, 2.24) is 15.1 Å². The molecule has 1 aliphatic carbocycles. The predicted octanol–water partition coefficient (Wildman–Crippen LogP) is 2.19. The molecule has 4 nitrogen and oxygen atoms in total. The normalized spacial score (nSPS) is 20.3. The molecule has 0 saturated heterocycles. The fourth-order valence-electron chi connectivity index (χ4n) is 3.16. The Hall–Kier alpha value is -0.870. The first-order valence-corrected chi connectivity index (χ1v) is 7.68. The quantitative estimate of drug-likeness (QED) is 0.794. The van der Waals surface area contributed by atoms with E-state index in [1.54, 1.807) is 10.9 Å². The van der Waals surface area contributed by atoms with Crippen molar-refractivity contribution in [3.63, 3.8) is 0 Å². The van der Waals surface area contributed by atoms with Gasteiger partial charge in [0.25, 0.3) is 0 Å². The SMILES string of the molecule is CCC(NCC(O)Cn1cccn1)C1CCCCC1. The summed E-state index contributed by atoms with van der Waals surface area (Å²) in [6, 6.07) is 2.45. The molecule has 0 amide bonds. The molecule has 1 aromatic rings. The first kappa shape index (κ1) is 14.5. The average Bonchev–Trinajstić information content (AvgIpc) is 2.93. The average molecular weight is 265 g/mol. The van der Waals surface area contributed by atoms with Gasteiger partial charge in [-0.05, 0) is 31.2 Å². The second-order valence-electron chi connectivity index (χ2n) is 5.70.